The second-order valence-electron chi connectivity index (χ2n) is 6.02. The number of hydrogen-bond acceptors (Lipinski definition) is 3. The van der Waals surface area contributed by atoms with Crippen molar-refractivity contribution < 1.29 is 17.9 Å². The van der Waals surface area contributed by atoms with Crippen LogP contribution in [0.1, 0.15) is 17.5 Å². The molecule has 2 aliphatic rings. The number of alkyl halides is 3. The second-order valence-corrected chi connectivity index (χ2v) is 6.02. The van der Waals surface area contributed by atoms with Crippen LogP contribution in [-0.2, 0) is 17.5 Å². The fourth-order valence-corrected chi connectivity index (χ4v) is 3.25. The average molecular weight is 314 g/mol. The van der Waals surface area contributed by atoms with Gasteiger partial charge in [0.1, 0.15) is 0 Å². The lowest BCUT2D eigenvalue weighted by Gasteiger charge is -2.32. The van der Waals surface area contributed by atoms with Gasteiger partial charge in [0.15, 0.2) is 0 Å². The van der Waals surface area contributed by atoms with Crippen LogP contribution < -0.4 is 0 Å². The first kappa shape index (κ1) is 15.8. The number of ether oxygens (including phenoxy) is 1. The maximum absolute atomic E-state index is 12.6. The predicted molar refractivity (Wildman–Crippen MR) is 77.5 cm³/mol. The SMILES string of the molecule is FC(F)(F)c1ccc(CN2CCC(N3CCOCC3)C2)cc1. The summed E-state index contributed by atoms with van der Waals surface area (Å²) in [5.41, 5.74) is 0.361. The number of rotatable bonds is 3. The summed E-state index contributed by atoms with van der Waals surface area (Å²) < 4.78 is 43.0. The zero-order valence-electron chi connectivity index (χ0n) is 12.5. The average Bonchev–Trinajstić information content (AvgIpc) is 2.96. The van der Waals surface area contributed by atoms with Crippen molar-refractivity contribution in [2.75, 3.05) is 39.4 Å². The standard InChI is InChI=1S/C16H21F3N2O/c17-16(18,19)14-3-1-13(2-4-14)11-20-6-5-15(12-20)21-7-9-22-10-8-21/h1-4,15H,5-12H2. The molecule has 1 atom stereocenters. The third-order valence-corrected chi connectivity index (χ3v) is 4.50. The Morgan fingerprint density at radius 3 is 2.36 bits per heavy atom. The molecular weight excluding hydrogens is 293 g/mol. The molecule has 2 saturated heterocycles. The molecule has 2 fully saturated rings. The molecular formula is C16H21F3N2O. The molecule has 0 saturated carbocycles. The van der Waals surface area contributed by atoms with E-state index in [1.54, 1.807) is 12.1 Å². The lowest BCUT2D eigenvalue weighted by molar-refractivity contribution is -0.137. The minimum atomic E-state index is -4.26. The molecule has 122 valence electrons. The Morgan fingerprint density at radius 2 is 1.73 bits per heavy atom. The fraction of sp³-hybridized carbons (Fsp3) is 0.625. The van der Waals surface area contributed by atoms with Crippen LogP contribution in [0.3, 0.4) is 0 Å². The van der Waals surface area contributed by atoms with Gasteiger partial charge in [0, 0.05) is 38.8 Å². The number of likely N-dealkylation sites (tertiary alicyclic amines) is 1. The van der Waals surface area contributed by atoms with E-state index in [9.17, 15) is 13.2 Å². The van der Waals surface area contributed by atoms with Gasteiger partial charge in [0.05, 0.1) is 18.8 Å². The molecule has 1 unspecified atom stereocenters. The molecule has 22 heavy (non-hydrogen) atoms. The van der Waals surface area contributed by atoms with Crippen LogP contribution >= 0.6 is 0 Å². The minimum Gasteiger partial charge on any atom is -0.379 e. The Kier molecular flexibility index (Phi) is 4.70. The summed E-state index contributed by atoms with van der Waals surface area (Å²) in [5, 5.41) is 0. The zero-order valence-corrected chi connectivity index (χ0v) is 12.5. The Bertz CT molecular complexity index is 483. The summed E-state index contributed by atoms with van der Waals surface area (Å²) >= 11 is 0. The Balaban J connectivity index is 1.53. The number of nitrogens with zero attached hydrogens (tertiary/aromatic N) is 2. The maximum atomic E-state index is 12.6. The molecule has 3 rings (SSSR count). The molecule has 3 nitrogen and oxygen atoms in total. The second kappa shape index (κ2) is 6.56. The summed E-state index contributed by atoms with van der Waals surface area (Å²) in [5.74, 6) is 0. The van der Waals surface area contributed by atoms with Crippen LogP contribution in [-0.4, -0.2) is 55.2 Å². The van der Waals surface area contributed by atoms with E-state index in [1.807, 2.05) is 0 Å². The summed E-state index contributed by atoms with van der Waals surface area (Å²) in [6, 6.07) is 6.07. The van der Waals surface area contributed by atoms with Crippen molar-refractivity contribution >= 4 is 0 Å². The van der Waals surface area contributed by atoms with Gasteiger partial charge in [0.2, 0.25) is 0 Å². The van der Waals surface area contributed by atoms with E-state index in [4.69, 9.17) is 4.74 Å². The topological polar surface area (TPSA) is 15.7 Å². The van der Waals surface area contributed by atoms with Gasteiger partial charge in [-0.1, -0.05) is 12.1 Å². The molecule has 6 heteroatoms. The predicted octanol–water partition coefficient (Wildman–Crippen LogP) is 2.61. The first-order valence-electron chi connectivity index (χ1n) is 7.73. The molecule has 0 aromatic heterocycles. The van der Waals surface area contributed by atoms with Gasteiger partial charge in [-0.3, -0.25) is 9.80 Å². The minimum absolute atomic E-state index is 0.554. The van der Waals surface area contributed by atoms with Crippen molar-refractivity contribution in [2.24, 2.45) is 0 Å². The van der Waals surface area contributed by atoms with Crippen LogP contribution in [0.5, 0.6) is 0 Å². The molecule has 0 bridgehead atoms. The van der Waals surface area contributed by atoms with Gasteiger partial charge in [-0.25, -0.2) is 0 Å². The quantitative estimate of drug-likeness (QED) is 0.853. The molecule has 0 spiro atoms. The highest BCUT2D eigenvalue weighted by Gasteiger charge is 2.31. The van der Waals surface area contributed by atoms with Gasteiger partial charge in [-0.2, -0.15) is 13.2 Å². The Morgan fingerprint density at radius 1 is 1.05 bits per heavy atom. The third-order valence-electron chi connectivity index (χ3n) is 4.50. The van der Waals surface area contributed by atoms with E-state index in [0.717, 1.165) is 57.9 Å². The molecule has 0 aliphatic carbocycles. The molecule has 1 aromatic carbocycles. The Labute approximate surface area is 128 Å². The lowest BCUT2D eigenvalue weighted by Crippen LogP contribution is -2.44. The smallest absolute Gasteiger partial charge is 0.379 e. The summed E-state index contributed by atoms with van der Waals surface area (Å²) in [7, 11) is 0. The van der Waals surface area contributed by atoms with Crippen LogP contribution in [0.15, 0.2) is 24.3 Å². The highest BCUT2D eigenvalue weighted by molar-refractivity contribution is 5.24. The van der Waals surface area contributed by atoms with Crippen molar-refractivity contribution in [3.63, 3.8) is 0 Å². The first-order chi connectivity index (χ1) is 10.5. The van der Waals surface area contributed by atoms with E-state index in [2.05, 4.69) is 9.80 Å². The first-order valence-corrected chi connectivity index (χ1v) is 7.73. The third kappa shape index (κ3) is 3.80. The van der Waals surface area contributed by atoms with Gasteiger partial charge in [-0.05, 0) is 24.1 Å². The van der Waals surface area contributed by atoms with Crippen molar-refractivity contribution in [3.8, 4) is 0 Å². The van der Waals surface area contributed by atoms with E-state index in [1.165, 1.54) is 12.1 Å². The Hall–Kier alpha value is -1.11. The highest BCUT2D eigenvalue weighted by Crippen LogP contribution is 2.29. The number of hydrogen-bond donors (Lipinski definition) is 0. The summed E-state index contributed by atoms with van der Waals surface area (Å²) in [6.07, 6.45) is -3.13. The van der Waals surface area contributed by atoms with Crippen LogP contribution in [0.25, 0.3) is 0 Å². The van der Waals surface area contributed by atoms with E-state index < -0.39 is 11.7 Å². The molecule has 2 heterocycles. The monoisotopic (exact) mass is 314 g/mol. The number of morpholine rings is 1. The van der Waals surface area contributed by atoms with Crippen molar-refractivity contribution in [1.82, 2.24) is 9.80 Å². The van der Waals surface area contributed by atoms with Gasteiger partial charge >= 0.3 is 6.18 Å². The van der Waals surface area contributed by atoms with Crippen LogP contribution in [0.2, 0.25) is 0 Å². The summed E-state index contributed by atoms with van der Waals surface area (Å²) in [4.78, 5) is 4.79. The summed E-state index contributed by atoms with van der Waals surface area (Å²) in [6.45, 7) is 6.28. The largest absolute Gasteiger partial charge is 0.416 e. The molecule has 0 radical (unpaired) electrons. The van der Waals surface area contributed by atoms with Crippen molar-refractivity contribution in [2.45, 2.75) is 25.2 Å². The van der Waals surface area contributed by atoms with Gasteiger partial charge < -0.3 is 4.74 Å². The lowest BCUT2D eigenvalue weighted by atomic mass is 10.1. The van der Waals surface area contributed by atoms with Crippen molar-refractivity contribution in [3.05, 3.63) is 35.4 Å². The van der Waals surface area contributed by atoms with Gasteiger partial charge in [-0.15, -0.1) is 0 Å². The van der Waals surface area contributed by atoms with Gasteiger partial charge in [0.25, 0.3) is 0 Å². The van der Waals surface area contributed by atoms with E-state index in [0.29, 0.717) is 6.04 Å². The van der Waals surface area contributed by atoms with Crippen LogP contribution in [0, 0.1) is 0 Å². The normalized spacial score (nSPS) is 24.8. The van der Waals surface area contributed by atoms with E-state index >= 15 is 0 Å². The molecule has 0 N–H and O–H groups in total. The fourth-order valence-electron chi connectivity index (χ4n) is 3.25. The number of benzene rings is 1. The molecule has 1 aromatic rings. The van der Waals surface area contributed by atoms with Crippen molar-refractivity contribution in [1.29, 1.82) is 0 Å². The highest BCUT2D eigenvalue weighted by atomic mass is 19.4. The number of halogens is 3. The molecule has 2 aliphatic heterocycles. The zero-order chi connectivity index (χ0) is 15.6. The molecule has 0 amide bonds. The maximum Gasteiger partial charge on any atom is 0.416 e. The van der Waals surface area contributed by atoms with Crippen LogP contribution in [0.4, 0.5) is 13.2 Å². The van der Waals surface area contributed by atoms with E-state index in [-0.39, 0.29) is 0 Å².